The Hall–Kier alpha value is 0.1000. The summed E-state index contributed by atoms with van der Waals surface area (Å²) in [4.78, 5) is 0. The summed E-state index contributed by atoms with van der Waals surface area (Å²) >= 11 is 6.89. The van der Waals surface area contributed by atoms with Crippen LogP contribution < -0.4 is 0 Å². The molecule has 0 bridgehead atoms. The number of hydrogen-bond donors (Lipinski definition) is 1. The minimum Gasteiger partial charge on any atom is -0.388 e. The van der Waals surface area contributed by atoms with E-state index >= 15 is 0 Å². The molecule has 1 heterocycles. The Morgan fingerprint density at radius 1 is 1.44 bits per heavy atom. The van der Waals surface area contributed by atoms with Crippen LogP contribution in [0.1, 0.15) is 25.0 Å². The highest BCUT2D eigenvalue weighted by molar-refractivity contribution is 9.11. The van der Waals surface area contributed by atoms with Crippen LogP contribution in [0.25, 0.3) is 0 Å². The van der Waals surface area contributed by atoms with E-state index in [1.807, 2.05) is 25.1 Å². The lowest BCUT2D eigenvalue weighted by Gasteiger charge is -2.18. The molecule has 88 valence electrons. The first-order valence-corrected chi connectivity index (χ1v) is 6.91. The van der Waals surface area contributed by atoms with Gasteiger partial charge in [0.25, 0.3) is 0 Å². The largest absolute Gasteiger partial charge is 0.388 e. The van der Waals surface area contributed by atoms with E-state index < -0.39 is 6.10 Å². The molecular weight excluding hydrogens is 336 g/mol. The summed E-state index contributed by atoms with van der Waals surface area (Å²) < 4.78 is 7.42. The van der Waals surface area contributed by atoms with Crippen LogP contribution in [-0.4, -0.2) is 17.8 Å². The van der Waals surface area contributed by atoms with Crippen LogP contribution >= 0.6 is 31.9 Å². The third-order valence-electron chi connectivity index (χ3n) is 2.95. The van der Waals surface area contributed by atoms with Crippen molar-refractivity contribution in [2.75, 3.05) is 6.61 Å². The summed E-state index contributed by atoms with van der Waals surface area (Å²) in [5.41, 5.74) is 0.928. The van der Waals surface area contributed by atoms with Gasteiger partial charge in [-0.05, 0) is 37.1 Å². The Morgan fingerprint density at radius 3 is 2.81 bits per heavy atom. The van der Waals surface area contributed by atoms with Gasteiger partial charge in [0.1, 0.15) is 0 Å². The van der Waals surface area contributed by atoms with Crippen LogP contribution in [0.15, 0.2) is 27.1 Å². The van der Waals surface area contributed by atoms with Crippen molar-refractivity contribution in [3.63, 3.8) is 0 Å². The molecular formula is C12H14Br2O2. The third-order valence-corrected chi connectivity index (χ3v) is 4.17. The van der Waals surface area contributed by atoms with Gasteiger partial charge in [0.05, 0.1) is 18.8 Å². The van der Waals surface area contributed by atoms with Crippen LogP contribution in [0.4, 0.5) is 0 Å². The molecule has 1 fully saturated rings. The van der Waals surface area contributed by atoms with E-state index in [9.17, 15) is 5.11 Å². The zero-order valence-corrected chi connectivity index (χ0v) is 12.2. The first-order valence-electron chi connectivity index (χ1n) is 5.32. The van der Waals surface area contributed by atoms with Crippen LogP contribution in [0.5, 0.6) is 0 Å². The Labute approximate surface area is 112 Å². The van der Waals surface area contributed by atoms with Crippen molar-refractivity contribution in [3.8, 4) is 0 Å². The molecule has 0 spiro atoms. The number of ether oxygens (including phenoxy) is 1. The number of rotatable bonds is 2. The van der Waals surface area contributed by atoms with Crippen molar-refractivity contribution in [3.05, 3.63) is 32.7 Å². The zero-order chi connectivity index (χ0) is 11.7. The van der Waals surface area contributed by atoms with Crippen molar-refractivity contribution >= 4 is 31.9 Å². The van der Waals surface area contributed by atoms with E-state index in [0.717, 1.165) is 20.9 Å². The molecule has 2 nitrogen and oxygen atoms in total. The Bertz CT molecular complexity index is 381. The Morgan fingerprint density at radius 2 is 2.19 bits per heavy atom. The smallest absolute Gasteiger partial charge is 0.0852 e. The van der Waals surface area contributed by atoms with Gasteiger partial charge in [-0.25, -0.2) is 0 Å². The molecule has 3 unspecified atom stereocenters. The molecule has 3 atom stereocenters. The van der Waals surface area contributed by atoms with E-state index in [1.54, 1.807) is 0 Å². The monoisotopic (exact) mass is 348 g/mol. The molecule has 1 aliphatic heterocycles. The van der Waals surface area contributed by atoms with Gasteiger partial charge in [0.15, 0.2) is 0 Å². The van der Waals surface area contributed by atoms with E-state index in [-0.39, 0.29) is 12.0 Å². The fraction of sp³-hybridized carbons (Fsp3) is 0.500. The van der Waals surface area contributed by atoms with Gasteiger partial charge in [-0.15, -0.1) is 0 Å². The molecule has 0 radical (unpaired) electrons. The average Bonchev–Trinajstić information content (AvgIpc) is 2.67. The van der Waals surface area contributed by atoms with Crippen LogP contribution in [0.3, 0.4) is 0 Å². The maximum Gasteiger partial charge on any atom is 0.0852 e. The van der Waals surface area contributed by atoms with Crippen LogP contribution in [0.2, 0.25) is 0 Å². The topological polar surface area (TPSA) is 29.5 Å². The van der Waals surface area contributed by atoms with Crippen LogP contribution in [0, 0.1) is 5.92 Å². The van der Waals surface area contributed by atoms with Crippen molar-refractivity contribution in [2.24, 2.45) is 5.92 Å². The summed E-state index contributed by atoms with van der Waals surface area (Å²) in [6, 6.07) is 5.85. The molecule has 1 saturated heterocycles. The summed E-state index contributed by atoms with van der Waals surface area (Å²) in [5.74, 6) is 0.195. The van der Waals surface area contributed by atoms with Crippen molar-refractivity contribution in [2.45, 2.75) is 25.6 Å². The first-order chi connectivity index (χ1) is 7.58. The summed E-state index contributed by atoms with van der Waals surface area (Å²) in [7, 11) is 0. The quantitative estimate of drug-likeness (QED) is 0.882. The van der Waals surface area contributed by atoms with E-state index in [0.29, 0.717) is 6.61 Å². The van der Waals surface area contributed by atoms with Gasteiger partial charge in [0, 0.05) is 14.9 Å². The zero-order valence-electron chi connectivity index (χ0n) is 8.99. The van der Waals surface area contributed by atoms with Crippen molar-refractivity contribution < 1.29 is 9.84 Å². The van der Waals surface area contributed by atoms with Crippen molar-refractivity contribution in [1.82, 2.24) is 0 Å². The maximum atomic E-state index is 10.3. The standard InChI is InChI=1S/C12H14Br2O2/c1-7-4-8(6-16-7)12(15)10-5-9(13)2-3-11(10)14/h2-3,5,7-8,12,15H,4,6H2,1H3. The van der Waals surface area contributed by atoms with Gasteiger partial charge >= 0.3 is 0 Å². The molecule has 0 saturated carbocycles. The summed E-state index contributed by atoms with van der Waals surface area (Å²) in [5, 5.41) is 10.3. The van der Waals surface area contributed by atoms with Gasteiger partial charge < -0.3 is 9.84 Å². The predicted octanol–water partition coefficient (Wildman–Crippen LogP) is 3.67. The van der Waals surface area contributed by atoms with E-state index in [2.05, 4.69) is 31.9 Å². The third kappa shape index (κ3) is 2.67. The first kappa shape index (κ1) is 12.6. The summed E-state index contributed by atoms with van der Waals surface area (Å²) in [6.45, 7) is 2.68. The molecule has 0 aliphatic carbocycles. The highest BCUT2D eigenvalue weighted by Crippen LogP contribution is 2.36. The van der Waals surface area contributed by atoms with Crippen LogP contribution in [-0.2, 0) is 4.74 Å². The molecule has 2 rings (SSSR count). The average molecular weight is 350 g/mol. The normalized spacial score (nSPS) is 27.0. The van der Waals surface area contributed by atoms with Gasteiger partial charge in [-0.1, -0.05) is 31.9 Å². The number of aliphatic hydroxyl groups excluding tert-OH is 1. The fourth-order valence-electron chi connectivity index (χ4n) is 2.07. The summed E-state index contributed by atoms with van der Waals surface area (Å²) in [6.07, 6.45) is 0.711. The second-order valence-corrected chi connectivity index (χ2v) is 6.02. The molecule has 1 aromatic rings. The minimum atomic E-state index is -0.461. The molecule has 0 amide bonds. The maximum absolute atomic E-state index is 10.3. The number of halogens is 2. The predicted molar refractivity (Wildman–Crippen MR) is 70.3 cm³/mol. The highest BCUT2D eigenvalue weighted by Gasteiger charge is 2.30. The van der Waals surface area contributed by atoms with Gasteiger partial charge in [-0.2, -0.15) is 0 Å². The lowest BCUT2D eigenvalue weighted by molar-refractivity contribution is 0.0800. The lowest BCUT2D eigenvalue weighted by Crippen LogP contribution is -2.13. The van der Waals surface area contributed by atoms with Gasteiger partial charge in [0.2, 0.25) is 0 Å². The highest BCUT2D eigenvalue weighted by atomic mass is 79.9. The van der Waals surface area contributed by atoms with E-state index in [1.165, 1.54) is 0 Å². The lowest BCUT2D eigenvalue weighted by atomic mass is 9.94. The Kier molecular flexibility index (Phi) is 4.06. The number of hydrogen-bond acceptors (Lipinski definition) is 2. The second kappa shape index (κ2) is 5.17. The minimum absolute atomic E-state index is 0.195. The molecule has 1 N–H and O–H groups in total. The molecule has 16 heavy (non-hydrogen) atoms. The second-order valence-electron chi connectivity index (χ2n) is 4.25. The van der Waals surface area contributed by atoms with E-state index in [4.69, 9.17) is 4.74 Å². The number of benzene rings is 1. The molecule has 1 aliphatic rings. The molecule has 4 heteroatoms. The number of aliphatic hydroxyl groups is 1. The molecule has 1 aromatic carbocycles. The van der Waals surface area contributed by atoms with Crippen molar-refractivity contribution in [1.29, 1.82) is 0 Å². The SMILES string of the molecule is CC1CC(C(O)c2cc(Br)ccc2Br)CO1. The fourth-order valence-corrected chi connectivity index (χ4v) is 2.93. The Balaban J connectivity index is 2.20. The molecule has 0 aromatic heterocycles. The van der Waals surface area contributed by atoms with Gasteiger partial charge in [-0.3, -0.25) is 0 Å².